The largest absolute Gasteiger partial charge is 0.384 e. The number of pyridine rings is 2. The van der Waals surface area contributed by atoms with Crippen molar-refractivity contribution in [3.05, 3.63) is 60.2 Å². The molecule has 100 valence electrons. The van der Waals surface area contributed by atoms with E-state index in [2.05, 4.69) is 21.1 Å². The molecule has 0 amide bonds. The normalized spacial score (nSPS) is 10.7. The van der Waals surface area contributed by atoms with E-state index in [1.807, 2.05) is 43.8 Å². The minimum absolute atomic E-state index is 0.541. The Morgan fingerprint density at radius 2 is 2.00 bits per heavy atom. The van der Waals surface area contributed by atoms with Gasteiger partial charge in [0.15, 0.2) is 0 Å². The van der Waals surface area contributed by atoms with Gasteiger partial charge < -0.3 is 5.73 Å². The molecule has 5 nitrogen and oxygen atoms in total. The molecule has 0 bridgehead atoms. The van der Waals surface area contributed by atoms with Gasteiger partial charge >= 0.3 is 0 Å². The number of hydrogen-bond donors (Lipinski definition) is 1. The van der Waals surface area contributed by atoms with Crippen molar-refractivity contribution < 1.29 is 0 Å². The predicted octanol–water partition coefficient (Wildman–Crippen LogP) is 2.05. The Morgan fingerprint density at radius 3 is 2.70 bits per heavy atom. The Bertz CT molecular complexity index is 715. The van der Waals surface area contributed by atoms with Crippen LogP contribution in [-0.4, -0.2) is 19.7 Å². The fourth-order valence-electron chi connectivity index (χ4n) is 2.07. The first-order chi connectivity index (χ1) is 9.70. The van der Waals surface area contributed by atoms with Crippen LogP contribution in [0.1, 0.15) is 11.1 Å². The molecule has 0 aromatic carbocycles. The summed E-state index contributed by atoms with van der Waals surface area (Å²) in [6.07, 6.45) is 8.21. The van der Waals surface area contributed by atoms with Crippen LogP contribution in [0.4, 0.5) is 5.82 Å². The maximum Gasteiger partial charge on any atom is 0.123 e. The molecule has 0 atom stereocenters. The summed E-state index contributed by atoms with van der Waals surface area (Å²) in [4.78, 5) is 8.50. The monoisotopic (exact) mass is 265 g/mol. The third-order valence-corrected chi connectivity index (χ3v) is 3.08. The molecule has 0 aliphatic rings. The first-order valence-electron chi connectivity index (χ1n) is 6.35. The second-order valence-corrected chi connectivity index (χ2v) is 4.72. The Kier molecular flexibility index (Phi) is 3.16. The molecule has 0 radical (unpaired) electrons. The van der Waals surface area contributed by atoms with Crippen molar-refractivity contribution in [2.45, 2.75) is 6.42 Å². The van der Waals surface area contributed by atoms with E-state index in [1.165, 1.54) is 5.56 Å². The van der Waals surface area contributed by atoms with Gasteiger partial charge in [0.05, 0.1) is 11.9 Å². The summed E-state index contributed by atoms with van der Waals surface area (Å²) in [7, 11) is 1.90. The van der Waals surface area contributed by atoms with Crippen LogP contribution >= 0.6 is 0 Å². The Hall–Kier alpha value is -2.69. The molecule has 0 spiro atoms. The van der Waals surface area contributed by atoms with Gasteiger partial charge in [0.25, 0.3) is 0 Å². The Balaban J connectivity index is 1.86. The van der Waals surface area contributed by atoms with Gasteiger partial charge in [0.1, 0.15) is 5.82 Å². The summed E-state index contributed by atoms with van der Waals surface area (Å²) in [5.41, 5.74) is 9.85. The topological polar surface area (TPSA) is 69.6 Å². The zero-order chi connectivity index (χ0) is 13.9. The van der Waals surface area contributed by atoms with Gasteiger partial charge in [-0.2, -0.15) is 5.10 Å². The minimum Gasteiger partial charge on any atom is -0.384 e. The lowest BCUT2D eigenvalue weighted by atomic mass is 10.1. The molecule has 2 N–H and O–H groups in total. The van der Waals surface area contributed by atoms with Crippen LogP contribution < -0.4 is 5.73 Å². The van der Waals surface area contributed by atoms with E-state index in [0.29, 0.717) is 5.82 Å². The van der Waals surface area contributed by atoms with Crippen molar-refractivity contribution in [1.29, 1.82) is 0 Å². The smallest absolute Gasteiger partial charge is 0.123 e. The highest BCUT2D eigenvalue weighted by molar-refractivity contribution is 5.57. The molecule has 0 saturated carbocycles. The zero-order valence-electron chi connectivity index (χ0n) is 11.2. The van der Waals surface area contributed by atoms with Crippen LogP contribution in [0.15, 0.2) is 49.1 Å². The van der Waals surface area contributed by atoms with E-state index < -0.39 is 0 Å². The van der Waals surface area contributed by atoms with E-state index in [1.54, 1.807) is 10.9 Å². The van der Waals surface area contributed by atoms with Gasteiger partial charge in [-0.05, 0) is 35.7 Å². The average Bonchev–Trinajstić information content (AvgIpc) is 2.89. The number of rotatable bonds is 3. The van der Waals surface area contributed by atoms with Crippen molar-refractivity contribution >= 4 is 5.82 Å². The fourth-order valence-corrected chi connectivity index (χ4v) is 2.07. The first kappa shape index (κ1) is 12.3. The summed E-state index contributed by atoms with van der Waals surface area (Å²) in [6, 6.07) is 7.90. The summed E-state index contributed by atoms with van der Waals surface area (Å²) in [6.45, 7) is 0. The number of nitrogens with zero attached hydrogens (tertiary/aromatic N) is 4. The minimum atomic E-state index is 0.541. The SMILES string of the molecule is Cn1cc(-c2cc(Cc3ccc(N)nc3)ccn2)cn1. The van der Waals surface area contributed by atoms with Crippen molar-refractivity contribution in [3.8, 4) is 11.3 Å². The van der Waals surface area contributed by atoms with Crippen molar-refractivity contribution in [2.75, 3.05) is 5.73 Å². The van der Waals surface area contributed by atoms with E-state index in [4.69, 9.17) is 5.73 Å². The highest BCUT2D eigenvalue weighted by Gasteiger charge is 2.04. The summed E-state index contributed by atoms with van der Waals surface area (Å²) >= 11 is 0. The molecular weight excluding hydrogens is 250 g/mol. The highest BCUT2D eigenvalue weighted by Crippen LogP contribution is 2.18. The van der Waals surface area contributed by atoms with Gasteiger partial charge in [-0.1, -0.05) is 6.07 Å². The molecule has 5 heteroatoms. The second-order valence-electron chi connectivity index (χ2n) is 4.72. The van der Waals surface area contributed by atoms with E-state index in [0.717, 1.165) is 23.2 Å². The molecule has 0 aliphatic heterocycles. The quantitative estimate of drug-likeness (QED) is 0.787. The molecule has 20 heavy (non-hydrogen) atoms. The van der Waals surface area contributed by atoms with Crippen LogP contribution in [0.25, 0.3) is 11.3 Å². The van der Waals surface area contributed by atoms with Crippen molar-refractivity contribution in [3.63, 3.8) is 0 Å². The molecule has 3 aromatic heterocycles. The average molecular weight is 265 g/mol. The van der Waals surface area contributed by atoms with Crippen LogP contribution in [0.2, 0.25) is 0 Å². The lowest BCUT2D eigenvalue weighted by Crippen LogP contribution is -1.94. The zero-order valence-corrected chi connectivity index (χ0v) is 11.2. The highest BCUT2D eigenvalue weighted by atomic mass is 15.2. The van der Waals surface area contributed by atoms with Crippen LogP contribution in [0.5, 0.6) is 0 Å². The number of aromatic nitrogens is 4. The number of nitrogens with two attached hydrogens (primary N) is 1. The van der Waals surface area contributed by atoms with Gasteiger partial charge in [0.2, 0.25) is 0 Å². The van der Waals surface area contributed by atoms with Crippen LogP contribution in [0.3, 0.4) is 0 Å². The van der Waals surface area contributed by atoms with Gasteiger partial charge in [-0.25, -0.2) is 4.98 Å². The maximum atomic E-state index is 5.59. The lowest BCUT2D eigenvalue weighted by Gasteiger charge is -2.04. The molecule has 0 aliphatic carbocycles. The van der Waals surface area contributed by atoms with Gasteiger partial charge in [0, 0.05) is 31.2 Å². The number of hydrogen-bond acceptors (Lipinski definition) is 4. The molecule has 0 fully saturated rings. The van der Waals surface area contributed by atoms with E-state index in [9.17, 15) is 0 Å². The summed E-state index contributed by atoms with van der Waals surface area (Å²) in [5.74, 6) is 0.541. The standard InChI is InChI=1S/C15H15N5/c1-20-10-13(9-19-20)14-7-11(4-5-17-14)6-12-2-3-15(16)18-8-12/h2-5,7-10H,6H2,1H3,(H2,16,18). The lowest BCUT2D eigenvalue weighted by molar-refractivity contribution is 0.768. The summed E-state index contributed by atoms with van der Waals surface area (Å²) < 4.78 is 1.77. The molecule has 0 saturated heterocycles. The fraction of sp³-hybridized carbons (Fsp3) is 0.133. The van der Waals surface area contributed by atoms with Crippen LogP contribution in [0, 0.1) is 0 Å². The van der Waals surface area contributed by atoms with E-state index >= 15 is 0 Å². The van der Waals surface area contributed by atoms with Crippen molar-refractivity contribution in [1.82, 2.24) is 19.7 Å². The molecule has 0 unspecified atom stereocenters. The number of aryl methyl sites for hydroxylation is 1. The Labute approximate surface area is 117 Å². The summed E-state index contributed by atoms with van der Waals surface area (Å²) in [5, 5.41) is 4.17. The van der Waals surface area contributed by atoms with Crippen molar-refractivity contribution in [2.24, 2.45) is 7.05 Å². The maximum absolute atomic E-state index is 5.59. The predicted molar refractivity (Wildman–Crippen MR) is 77.9 cm³/mol. The number of nitrogen functional groups attached to an aromatic ring is 1. The van der Waals surface area contributed by atoms with E-state index in [-0.39, 0.29) is 0 Å². The van der Waals surface area contributed by atoms with Crippen LogP contribution in [-0.2, 0) is 13.5 Å². The first-order valence-corrected chi connectivity index (χ1v) is 6.35. The number of anilines is 1. The third-order valence-electron chi connectivity index (χ3n) is 3.08. The third kappa shape index (κ3) is 2.66. The molecular formula is C15H15N5. The molecule has 3 rings (SSSR count). The molecule has 3 aromatic rings. The van der Waals surface area contributed by atoms with Gasteiger partial charge in [-0.3, -0.25) is 9.67 Å². The van der Waals surface area contributed by atoms with Gasteiger partial charge in [-0.15, -0.1) is 0 Å². The molecule has 3 heterocycles. The Morgan fingerprint density at radius 1 is 1.10 bits per heavy atom. The second kappa shape index (κ2) is 5.13.